The van der Waals surface area contributed by atoms with Gasteiger partial charge in [0.05, 0.1) is 48.9 Å². The van der Waals surface area contributed by atoms with Crippen molar-refractivity contribution in [1.82, 2.24) is 9.97 Å². The predicted molar refractivity (Wildman–Crippen MR) is 201 cm³/mol. The molecule has 3 heterocycles. The summed E-state index contributed by atoms with van der Waals surface area (Å²) in [5.41, 5.74) is 3.73. The number of ether oxygens (including phenoxy) is 2. The van der Waals surface area contributed by atoms with Crippen LogP contribution in [0.3, 0.4) is 0 Å². The summed E-state index contributed by atoms with van der Waals surface area (Å²) in [5.74, 6) is 2.67. The summed E-state index contributed by atoms with van der Waals surface area (Å²) in [7, 11) is -0.869. The van der Waals surface area contributed by atoms with Gasteiger partial charge < -0.3 is 9.47 Å². The zero-order valence-corrected chi connectivity index (χ0v) is 31.1. The fraction of sp³-hybridized carbons (Fsp3) is 0.556. The highest BCUT2D eigenvalue weighted by molar-refractivity contribution is 8.33. The lowest BCUT2D eigenvalue weighted by Crippen LogP contribution is -2.14. The number of unbranched alkanes of at least 4 members (excludes halogenated alkanes) is 2. The molecule has 0 radical (unpaired) electrons. The molecule has 0 N–H and O–H groups in total. The van der Waals surface area contributed by atoms with Crippen LogP contribution in [-0.2, 0) is 0 Å². The molecule has 0 spiro atoms. The molecule has 0 amide bonds. The molecule has 8 heteroatoms. The number of nitrogens with zero attached hydrogens (tertiary/aromatic N) is 2. The molecule has 0 saturated heterocycles. The number of benzene rings is 2. The topological polar surface area (TPSA) is 44.2 Å². The van der Waals surface area contributed by atoms with Gasteiger partial charge in [0.2, 0.25) is 0 Å². The van der Waals surface area contributed by atoms with E-state index in [0.717, 1.165) is 46.4 Å². The standard InChI is InChI=1S/C36H50N2O2S4/c1-9-13-15-23(11-3)21-39-29-19-27-28(20-30(29)40-22-24(12-4)16-14-10-2)38-34-26-18-32(44(6,7)8)43-36(26)35-25(33(34)37-27)17-31(41-5)42-35/h17-20,23-24H,9-16,21-22H2,1-8H3. The van der Waals surface area contributed by atoms with E-state index < -0.39 is 10.0 Å². The number of hydrogen-bond acceptors (Lipinski definition) is 7. The van der Waals surface area contributed by atoms with E-state index in [9.17, 15) is 0 Å². The first-order chi connectivity index (χ1) is 21.2. The average Bonchev–Trinajstić information content (AvgIpc) is 3.66. The number of aromatic nitrogens is 2. The van der Waals surface area contributed by atoms with Crippen molar-refractivity contribution in [3.05, 3.63) is 24.3 Å². The third-order valence-electron chi connectivity index (χ3n) is 8.71. The number of thiophene rings is 2. The number of thioether (sulfide) groups is 1. The van der Waals surface area contributed by atoms with Crippen molar-refractivity contribution in [2.45, 2.75) is 87.5 Å². The monoisotopic (exact) mass is 670 g/mol. The minimum Gasteiger partial charge on any atom is -0.489 e. The molecule has 2 aromatic carbocycles. The Balaban J connectivity index is 1.65. The number of rotatable bonds is 16. The van der Waals surface area contributed by atoms with E-state index in [4.69, 9.17) is 19.4 Å². The fourth-order valence-electron chi connectivity index (χ4n) is 5.71. The normalized spacial score (nSPS) is 14.2. The van der Waals surface area contributed by atoms with Crippen LogP contribution in [0.5, 0.6) is 11.5 Å². The van der Waals surface area contributed by atoms with Crippen LogP contribution in [0, 0.1) is 11.8 Å². The minimum atomic E-state index is -0.869. The van der Waals surface area contributed by atoms with E-state index in [-0.39, 0.29) is 0 Å². The van der Waals surface area contributed by atoms with Gasteiger partial charge in [0.1, 0.15) is 0 Å². The highest BCUT2D eigenvalue weighted by Gasteiger charge is 2.22. The summed E-state index contributed by atoms with van der Waals surface area (Å²) in [6.07, 6.45) is 18.8. The van der Waals surface area contributed by atoms with E-state index in [1.165, 1.54) is 67.1 Å². The Hall–Kier alpha value is -1.74. The molecular weight excluding hydrogens is 621 g/mol. The van der Waals surface area contributed by atoms with Crippen LogP contribution in [0.15, 0.2) is 32.7 Å². The van der Waals surface area contributed by atoms with Crippen molar-refractivity contribution >= 4 is 86.7 Å². The van der Waals surface area contributed by atoms with E-state index in [0.29, 0.717) is 25.0 Å². The fourth-order valence-corrected chi connectivity index (χ4v) is 10.2. The van der Waals surface area contributed by atoms with E-state index in [1.807, 2.05) is 22.7 Å². The quantitative estimate of drug-likeness (QED) is 0.0772. The van der Waals surface area contributed by atoms with Crippen LogP contribution in [-0.4, -0.2) is 48.2 Å². The van der Waals surface area contributed by atoms with Crippen molar-refractivity contribution in [1.29, 1.82) is 0 Å². The molecule has 0 aliphatic heterocycles. The number of hydrogen-bond donors (Lipinski definition) is 0. The summed E-state index contributed by atoms with van der Waals surface area (Å²) in [6, 6.07) is 8.89. The maximum absolute atomic E-state index is 6.59. The molecule has 2 atom stereocenters. The van der Waals surface area contributed by atoms with E-state index >= 15 is 0 Å². The molecule has 44 heavy (non-hydrogen) atoms. The van der Waals surface area contributed by atoms with Crippen LogP contribution >= 0.6 is 44.5 Å². The van der Waals surface area contributed by atoms with Crippen molar-refractivity contribution in [3.8, 4) is 11.5 Å². The molecule has 3 aromatic heterocycles. The summed E-state index contributed by atoms with van der Waals surface area (Å²) in [5, 5.41) is 2.44. The summed E-state index contributed by atoms with van der Waals surface area (Å²) in [4.78, 5) is 10.7. The largest absolute Gasteiger partial charge is 0.489 e. The van der Waals surface area contributed by atoms with Crippen LogP contribution in [0.2, 0.25) is 0 Å². The van der Waals surface area contributed by atoms with Gasteiger partial charge in [0.15, 0.2) is 11.5 Å². The van der Waals surface area contributed by atoms with Crippen molar-refractivity contribution < 1.29 is 9.47 Å². The van der Waals surface area contributed by atoms with Gasteiger partial charge in [-0.05, 0) is 61.8 Å². The molecule has 5 rings (SSSR count). The summed E-state index contributed by atoms with van der Waals surface area (Å²) >= 11 is 5.64. The van der Waals surface area contributed by atoms with Gasteiger partial charge in [0, 0.05) is 27.1 Å². The average molecular weight is 671 g/mol. The molecule has 0 bridgehead atoms. The zero-order chi connectivity index (χ0) is 31.4. The van der Waals surface area contributed by atoms with Crippen LogP contribution in [0.4, 0.5) is 0 Å². The van der Waals surface area contributed by atoms with Crippen molar-refractivity contribution in [2.24, 2.45) is 11.8 Å². The third kappa shape index (κ3) is 7.29. The second-order valence-corrected chi connectivity index (χ2v) is 20.4. The number of fused-ring (bicyclic) bond motifs is 7. The van der Waals surface area contributed by atoms with E-state index in [1.54, 1.807) is 11.8 Å². The Labute approximate surface area is 278 Å². The summed E-state index contributed by atoms with van der Waals surface area (Å²) in [6.45, 7) is 10.5. The Morgan fingerprint density at radius 1 is 0.727 bits per heavy atom. The predicted octanol–water partition coefficient (Wildman–Crippen LogP) is 12.2. The van der Waals surface area contributed by atoms with Crippen molar-refractivity contribution in [3.63, 3.8) is 0 Å². The first kappa shape index (κ1) is 33.6. The molecule has 0 saturated carbocycles. The Morgan fingerprint density at radius 2 is 1.23 bits per heavy atom. The Morgan fingerprint density at radius 3 is 1.68 bits per heavy atom. The maximum Gasteiger partial charge on any atom is 0.163 e. The second-order valence-electron chi connectivity index (χ2n) is 12.8. The van der Waals surface area contributed by atoms with Gasteiger partial charge in [-0.1, -0.05) is 66.2 Å². The van der Waals surface area contributed by atoms with Gasteiger partial charge in [0.25, 0.3) is 0 Å². The van der Waals surface area contributed by atoms with Crippen LogP contribution in [0.1, 0.15) is 79.1 Å². The van der Waals surface area contributed by atoms with Crippen LogP contribution in [0.25, 0.3) is 42.2 Å². The Kier molecular flexibility index (Phi) is 11.3. The second kappa shape index (κ2) is 14.8. The highest BCUT2D eigenvalue weighted by atomic mass is 32.3. The van der Waals surface area contributed by atoms with Crippen LogP contribution < -0.4 is 9.47 Å². The maximum atomic E-state index is 6.59. The highest BCUT2D eigenvalue weighted by Crippen LogP contribution is 2.54. The lowest BCUT2D eigenvalue weighted by molar-refractivity contribution is 0.199. The molecular formula is C36H50N2O2S4. The lowest BCUT2D eigenvalue weighted by Gasteiger charge is -2.22. The van der Waals surface area contributed by atoms with Gasteiger partial charge in [-0.3, -0.25) is 0 Å². The minimum absolute atomic E-state index is 0.537. The van der Waals surface area contributed by atoms with E-state index in [2.05, 4.69) is 77.0 Å². The third-order valence-corrected chi connectivity index (χ3v) is 15.1. The summed E-state index contributed by atoms with van der Waals surface area (Å²) < 4.78 is 18.6. The van der Waals surface area contributed by atoms with Crippen molar-refractivity contribution in [2.75, 3.05) is 38.2 Å². The van der Waals surface area contributed by atoms with Gasteiger partial charge >= 0.3 is 0 Å². The molecule has 4 nitrogen and oxygen atoms in total. The molecule has 240 valence electrons. The first-order valence-electron chi connectivity index (χ1n) is 16.3. The van der Waals surface area contributed by atoms with Gasteiger partial charge in [-0.2, -0.15) is 0 Å². The van der Waals surface area contributed by atoms with Gasteiger partial charge in [-0.25, -0.2) is 20.0 Å². The SMILES string of the molecule is CCCCC(CC)COc1cc2nc3c4cc(SC)sc4c4sc(S(C)(C)C)cc4c3nc2cc1OCC(CC)CCCC. The first-order valence-corrected chi connectivity index (χ1v) is 22.0. The zero-order valence-electron chi connectivity index (χ0n) is 27.9. The van der Waals surface area contributed by atoms with Gasteiger partial charge in [-0.15, -0.1) is 34.4 Å². The molecule has 0 fully saturated rings. The molecule has 2 unspecified atom stereocenters. The molecule has 0 aliphatic rings. The lowest BCUT2D eigenvalue weighted by atomic mass is 10.0. The molecule has 5 aromatic rings. The Bertz CT molecular complexity index is 1720. The smallest absolute Gasteiger partial charge is 0.163 e. The molecule has 0 aliphatic carbocycles.